The van der Waals surface area contributed by atoms with E-state index in [0.717, 1.165) is 0 Å². The van der Waals surface area contributed by atoms with Crippen molar-refractivity contribution in [2.75, 3.05) is 0 Å². The first-order valence-electron chi connectivity index (χ1n) is 9.48. The molecule has 0 unspecified atom stereocenters. The third-order valence-corrected chi connectivity index (χ3v) is 4.48. The Hall–Kier alpha value is -3.62. The third kappa shape index (κ3) is 5.47. The first kappa shape index (κ1) is 21.1. The van der Waals surface area contributed by atoms with Crippen LogP contribution in [0.1, 0.15) is 42.9 Å². The van der Waals surface area contributed by atoms with Gasteiger partial charge in [-0.15, -0.1) is 0 Å². The van der Waals surface area contributed by atoms with Crippen molar-refractivity contribution in [1.29, 1.82) is 0 Å². The van der Waals surface area contributed by atoms with Gasteiger partial charge in [-0.05, 0) is 23.8 Å². The lowest BCUT2D eigenvalue weighted by atomic mass is 10.0. The maximum Gasteiger partial charge on any atom is 0.347 e. The predicted molar refractivity (Wildman–Crippen MR) is 108 cm³/mol. The summed E-state index contributed by atoms with van der Waals surface area (Å²) in [5.41, 5.74) is 0.325. The van der Waals surface area contributed by atoms with Gasteiger partial charge in [0.1, 0.15) is 18.2 Å². The largest absolute Gasteiger partial charge is 0.347 e. The Kier molecular flexibility index (Phi) is 6.51. The highest BCUT2D eigenvalue weighted by molar-refractivity contribution is 5.76. The van der Waals surface area contributed by atoms with Crippen molar-refractivity contribution in [2.45, 2.75) is 38.8 Å². The molecule has 3 rings (SSSR count). The molecule has 0 aliphatic carbocycles. The van der Waals surface area contributed by atoms with Crippen LogP contribution in [0.15, 0.2) is 58.4 Å². The summed E-state index contributed by atoms with van der Waals surface area (Å²) in [5, 5.41) is 2.84. The zero-order valence-electron chi connectivity index (χ0n) is 16.6. The minimum Gasteiger partial charge on any atom is -0.347 e. The Morgan fingerprint density at radius 1 is 1.23 bits per heavy atom. The first-order chi connectivity index (χ1) is 14.3. The molecule has 0 saturated heterocycles. The lowest BCUT2D eigenvalue weighted by molar-refractivity contribution is -0.122. The summed E-state index contributed by atoms with van der Waals surface area (Å²) >= 11 is 0. The molecule has 0 spiro atoms. The Morgan fingerprint density at radius 2 is 1.97 bits per heavy atom. The van der Waals surface area contributed by atoms with E-state index >= 15 is 0 Å². The minimum atomic E-state index is -0.570. The first-order valence-corrected chi connectivity index (χ1v) is 9.48. The highest BCUT2D eigenvalue weighted by Crippen LogP contribution is 2.19. The van der Waals surface area contributed by atoms with Gasteiger partial charge in [-0.25, -0.2) is 19.2 Å². The fraction of sp³-hybridized carbons (Fsp3) is 0.286. The number of carbonyl (C=O) groups is 1. The van der Waals surface area contributed by atoms with E-state index in [4.69, 9.17) is 0 Å². The van der Waals surface area contributed by atoms with Crippen LogP contribution in [-0.4, -0.2) is 25.4 Å². The van der Waals surface area contributed by atoms with Crippen molar-refractivity contribution < 1.29 is 9.18 Å². The normalized spacial score (nSPS) is 12.0. The average molecular weight is 411 g/mol. The fourth-order valence-electron chi connectivity index (χ4n) is 2.97. The molecule has 8 nitrogen and oxygen atoms in total. The summed E-state index contributed by atoms with van der Waals surface area (Å²) in [6.07, 6.45) is 3.04. The van der Waals surface area contributed by atoms with Crippen LogP contribution in [0, 0.1) is 5.82 Å². The number of benzene rings is 1. The summed E-state index contributed by atoms with van der Waals surface area (Å²) in [5.74, 6) is -0.256. The molecule has 2 aromatic heterocycles. The number of nitrogens with one attached hydrogen (secondary N) is 2. The van der Waals surface area contributed by atoms with E-state index in [1.54, 1.807) is 18.2 Å². The van der Waals surface area contributed by atoms with E-state index in [1.807, 2.05) is 13.8 Å². The van der Waals surface area contributed by atoms with Crippen molar-refractivity contribution >= 4 is 5.91 Å². The molecule has 0 fully saturated rings. The molecule has 0 aliphatic heterocycles. The maximum atomic E-state index is 13.4. The van der Waals surface area contributed by atoms with Gasteiger partial charge in [0.15, 0.2) is 0 Å². The van der Waals surface area contributed by atoms with Crippen LogP contribution in [0.25, 0.3) is 0 Å². The Morgan fingerprint density at radius 3 is 2.63 bits per heavy atom. The second-order valence-corrected chi connectivity index (χ2v) is 7.18. The maximum absolute atomic E-state index is 13.4. The van der Waals surface area contributed by atoms with Gasteiger partial charge in [0.05, 0.1) is 11.7 Å². The van der Waals surface area contributed by atoms with Gasteiger partial charge in [-0.3, -0.25) is 14.2 Å². The zero-order chi connectivity index (χ0) is 21.7. The number of rotatable bonds is 7. The Labute approximate surface area is 171 Å². The molecule has 1 atom stereocenters. The standard InChI is InChI=1S/C21H22FN5O3/c1-13(2)20-24-16(11-18(28)26-20)10-17(14-4-6-15(22)7-5-14)25-19(29)12-27-9-3-8-23-21(27)30/h3-9,11,13,17H,10,12H2,1-2H3,(H,25,29)(H,24,26,28)/t17-/m0/s1. The fourth-order valence-corrected chi connectivity index (χ4v) is 2.97. The van der Waals surface area contributed by atoms with Gasteiger partial charge < -0.3 is 10.3 Å². The zero-order valence-corrected chi connectivity index (χ0v) is 16.6. The van der Waals surface area contributed by atoms with E-state index in [9.17, 15) is 18.8 Å². The Bertz CT molecular complexity index is 1140. The number of aromatic amines is 1. The highest BCUT2D eigenvalue weighted by atomic mass is 19.1. The molecule has 3 aromatic rings. The van der Waals surface area contributed by atoms with Crippen LogP contribution in [0.4, 0.5) is 4.39 Å². The van der Waals surface area contributed by atoms with Crippen molar-refractivity contribution in [3.8, 4) is 0 Å². The number of H-pyrrole nitrogens is 1. The number of amides is 1. The van der Waals surface area contributed by atoms with Gasteiger partial charge in [-0.1, -0.05) is 26.0 Å². The number of carbonyl (C=O) groups excluding carboxylic acids is 1. The van der Waals surface area contributed by atoms with Crippen molar-refractivity contribution in [3.63, 3.8) is 0 Å². The molecular weight excluding hydrogens is 389 g/mol. The number of hydrogen-bond acceptors (Lipinski definition) is 5. The topological polar surface area (TPSA) is 110 Å². The van der Waals surface area contributed by atoms with Gasteiger partial charge in [0.2, 0.25) is 5.91 Å². The number of hydrogen-bond donors (Lipinski definition) is 2. The van der Waals surface area contributed by atoms with E-state index < -0.39 is 23.5 Å². The molecule has 0 bridgehead atoms. The van der Waals surface area contributed by atoms with Crippen LogP contribution < -0.4 is 16.6 Å². The second-order valence-electron chi connectivity index (χ2n) is 7.18. The smallest absolute Gasteiger partial charge is 0.347 e. The number of halogens is 1. The lowest BCUT2D eigenvalue weighted by Crippen LogP contribution is -2.36. The molecule has 0 aliphatic rings. The summed E-state index contributed by atoms with van der Waals surface area (Å²) in [7, 11) is 0. The van der Waals surface area contributed by atoms with Crippen LogP contribution in [0.3, 0.4) is 0 Å². The minimum absolute atomic E-state index is 0.0222. The van der Waals surface area contributed by atoms with Crippen molar-refractivity contribution in [1.82, 2.24) is 24.8 Å². The quantitative estimate of drug-likeness (QED) is 0.615. The number of aromatic nitrogens is 4. The molecule has 0 radical (unpaired) electrons. The molecule has 1 aromatic carbocycles. The van der Waals surface area contributed by atoms with Crippen LogP contribution in [0.2, 0.25) is 0 Å². The molecule has 156 valence electrons. The molecule has 1 amide bonds. The van der Waals surface area contributed by atoms with Crippen molar-refractivity contribution in [3.05, 3.63) is 92.5 Å². The van der Waals surface area contributed by atoms with E-state index in [2.05, 4.69) is 20.3 Å². The van der Waals surface area contributed by atoms with E-state index in [1.165, 1.54) is 35.2 Å². The lowest BCUT2D eigenvalue weighted by Gasteiger charge is -2.20. The SMILES string of the molecule is CC(C)c1nc(C[C@H](NC(=O)Cn2cccnc2=O)c2ccc(F)cc2)cc(=O)[nH]1. The predicted octanol–water partition coefficient (Wildman–Crippen LogP) is 1.69. The highest BCUT2D eigenvalue weighted by Gasteiger charge is 2.18. The number of nitrogens with zero attached hydrogens (tertiary/aromatic N) is 3. The van der Waals surface area contributed by atoms with Gasteiger partial charge >= 0.3 is 5.69 Å². The van der Waals surface area contributed by atoms with Crippen LogP contribution in [0.5, 0.6) is 0 Å². The summed E-state index contributed by atoms with van der Waals surface area (Å²) in [4.78, 5) is 47.1. The van der Waals surface area contributed by atoms with Gasteiger partial charge in [-0.2, -0.15) is 0 Å². The second kappa shape index (κ2) is 9.25. The molecular formula is C21H22FN5O3. The van der Waals surface area contributed by atoms with Crippen LogP contribution in [-0.2, 0) is 17.8 Å². The summed E-state index contributed by atoms with van der Waals surface area (Å²) < 4.78 is 14.6. The summed E-state index contributed by atoms with van der Waals surface area (Å²) in [6.45, 7) is 3.60. The molecule has 2 N–H and O–H groups in total. The monoisotopic (exact) mass is 411 g/mol. The Balaban J connectivity index is 1.87. The summed E-state index contributed by atoms with van der Waals surface area (Å²) in [6, 6.07) is 8.08. The molecule has 30 heavy (non-hydrogen) atoms. The van der Waals surface area contributed by atoms with Crippen molar-refractivity contribution in [2.24, 2.45) is 0 Å². The molecule has 9 heteroatoms. The average Bonchev–Trinajstić information content (AvgIpc) is 2.69. The third-order valence-electron chi connectivity index (χ3n) is 4.48. The van der Waals surface area contributed by atoms with Crippen LogP contribution >= 0.6 is 0 Å². The molecule has 2 heterocycles. The van der Waals surface area contributed by atoms with Gasteiger partial charge in [0.25, 0.3) is 5.56 Å². The van der Waals surface area contributed by atoms with Gasteiger partial charge in [0, 0.05) is 30.8 Å². The molecule has 0 saturated carbocycles. The van der Waals surface area contributed by atoms with E-state index in [0.29, 0.717) is 17.1 Å². The van der Waals surface area contributed by atoms with E-state index in [-0.39, 0.29) is 24.4 Å².